The highest BCUT2D eigenvalue weighted by atomic mass is 16.5. The molecule has 3 aliphatic rings. The summed E-state index contributed by atoms with van der Waals surface area (Å²) >= 11 is 0. The van der Waals surface area contributed by atoms with E-state index in [0.29, 0.717) is 24.8 Å². The van der Waals surface area contributed by atoms with Gasteiger partial charge in [0.1, 0.15) is 5.82 Å². The Hall–Kier alpha value is -2.77. The predicted octanol–water partition coefficient (Wildman–Crippen LogP) is 4.64. The molecule has 6 rings (SSSR count). The minimum atomic E-state index is 0.205. The lowest BCUT2D eigenvalue weighted by molar-refractivity contribution is -0.132. The molecule has 0 N–H and O–H groups in total. The Kier molecular flexibility index (Phi) is 6.29. The number of rotatable bonds is 4. The second-order valence-electron chi connectivity index (χ2n) is 9.99. The average molecular weight is 475 g/mol. The minimum absolute atomic E-state index is 0.205. The van der Waals surface area contributed by atoms with Crippen LogP contribution in [-0.2, 0) is 27.4 Å². The van der Waals surface area contributed by atoms with Gasteiger partial charge < -0.3 is 18.9 Å². The van der Waals surface area contributed by atoms with E-state index in [1.54, 1.807) is 0 Å². The van der Waals surface area contributed by atoms with Crippen LogP contribution in [0.25, 0.3) is 22.0 Å². The van der Waals surface area contributed by atoms with Gasteiger partial charge in [0.05, 0.1) is 17.9 Å². The van der Waals surface area contributed by atoms with Crippen LogP contribution in [-0.4, -0.2) is 58.3 Å². The van der Waals surface area contributed by atoms with Crippen molar-refractivity contribution < 1.29 is 14.3 Å². The molecule has 3 aliphatic heterocycles. The van der Waals surface area contributed by atoms with Gasteiger partial charge in [-0.3, -0.25) is 9.78 Å². The summed E-state index contributed by atoms with van der Waals surface area (Å²) < 4.78 is 13.6. The van der Waals surface area contributed by atoms with Crippen LogP contribution in [0.5, 0.6) is 0 Å². The molecule has 0 aliphatic carbocycles. The predicted molar refractivity (Wildman–Crippen MR) is 134 cm³/mol. The monoisotopic (exact) mass is 474 g/mol. The van der Waals surface area contributed by atoms with Gasteiger partial charge in [-0.1, -0.05) is 25.1 Å². The summed E-state index contributed by atoms with van der Waals surface area (Å²) in [5.74, 6) is 2.23. The van der Waals surface area contributed by atoms with Gasteiger partial charge in [-0.2, -0.15) is 0 Å². The van der Waals surface area contributed by atoms with E-state index < -0.39 is 0 Å². The third-order valence-electron chi connectivity index (χ3n) is 7.96. The number of hydrogen-bond acceptors (Lipinski definition) is 5. The van der Waals surface area contributed by atoms with Crippen LogP contribution in [0, 0.1) is 0 Å². The highest BCUT2D eigenvalue weighted by Gasteiger charge is 2.31. The lowest BCUT2D eigenvalue weighted by Crippen LogP contribution is -2.38. The molecule has 0 spiro atoms. The zero-order chi connectivity index (χ0) is 23.8. The number of ether oxygens (including phenoxy) is 2. The van der Waals surface area contributed by atoms with E-state index in [1.807, 2.05) is 18.0 Å². The molecular formula is C28H34N4O3. The fourth-order valence-electron chi connectivity index (χ4n) is 5.93. The molecule has 3 aromatic rings. The van der Waals surface area contributed by atoms with Gasteiger partial charge in [0.2, 0.25) is 5.91 Å². The van der Waals surface area contributed by atoms with E-state index in [2.05, 4.69) is 28.8 Å². The quantitative estimate of drug-likeness (QED) is 0.551. The van der Waals surface area contributed by atoms with E-state index in [4.69, 9.17) is 19.4 Å². The van der Waals surface area contributed by atoms with E-state index in [-0.39, 0.29) is 5.91 Å². The molecule has 1 amide bonds. The molecule has 184 valence electrons. The molecule has 1 aromatic carbocycles. The fourth-order valence-corrected chi connectivity index (χ4v) is 5.93. The Labute approximate surface area is 206 Å². The zero-order valence-electron chi connectivity index (χ0n) is 20.5. The van der Waals surface area contributed by atoms with E-state index in [0.717, 1.165) is 99.1 Å². The maximum Gasteiger partial charge on any atom is 0.222 e. The first-order valence-corrected chi connectivity index (χ1v) is 13.1. The van der Waals surface area contributed by atoms with E-state index in [9.17, 15) is 4.79 Å². The fraction of sp³-hybridized carbons (Fsp3) is 0.536. The van der Waals surface area contributed by atoms with Crippen molar-refractivity contribution in [2.75, 3.05) is 33.0 Å². The number of nitrogens with zero attached hydrogens (tertiary/aromatic N) is 4. The SMILES string of the molecule is CCC(=O)N1CCn2c(C3CCOCC3)nc(-c3cccc4cc(C5CCOCC5)ncc34)c2C1. The molecule has 2 aromatic heterocycles. The lowest BCUT2D eigenvalue weighted by Gasteiger charge is -2.31. The maximum atomic E-state index is 12.6. The summed E-state index contributed by atoms with van der Waals surface area (Å²) in [4.78, 5) is 24.8. The molecule has 0 radical (unpaired) electrons. The highest BCUT2D eigenvalue weighted by molar-refractivity contribution is 5.96. The number of benzene rings is 1. The molecule has 0 unspecified atom stereocenters. The largest absolute Gasteiger partial charge is 0.381 e. The summed E-state index contributed by atoms with van der Waals surface area (Å²) in [6.07, 6.45) is 6.62. The molecule has 0 atom stereocenters. The third kappa shape index (κ3) is 4.25. The van der Waals surface area contributed by atoms with Gasteiger partial charge >= 0.3 is 0 Å². The molecule has 2 saturated heterocycles. The van der Waals surface area contributed by atoms with E-state index in [1.165, 1.54) is 5.39 Å². The summed E-state index contributed by atoms with van der Waals surface area (Å²) in [5.41, 5.74) is 4.43. The summed E-state index contributed by atoms with van der Waals surface area (Å²) in [6, 6.07) is 8.72. The first-order chi connectivity index (χ1) is 17.2. The van der Waals surface area contributed by atoms with Crippen molar-refractivity contribution in [3.63, 3.8) is 0 Å². The number of carbonyl (C=O) groups excluding carboxylic acids is 1. The molecule has 35 heavy (non-hydrogen) atoms. The van der Waals surface area contributed by atoms with Gasteiger partial charge in [0.15, 0.2) is 0 Å². The van der Waals surface area contributed by atoms with Crippen molar-refractivity contribution in [1.29, 1.82) is 0 Å². The summed E-state index contributed by atoms with van der Waals surface area (Å²) in [7, 11) is 0. The Balaban J connectivity index is 1.44. The molecular weight excluding hydrogens is 440 g/mol. The van der Waals surface area contributed by atoms with E-state index >= 15 is 0 Å². The molecule has 0 bridgehead atoms. The number of imidazole rings is 1. The van der Waals surface area contributed by atoms with Crippen molar-refractivity contribution >= 4 is 16.7 Å². The molecule has 7 heteroatoms. The normalized spacial score (nSPS) is 19.7. The van der Waals surface area contributed by atoms with Gasteiger partial charge in [-0.15, -0.1) is 0 Å². The number of carbonyl (C=O) groups is 1. The molecule has 2 fully saturated rings. The number of hydrogen-bond donors (Lipinski definition) is 0. The van der Waals surface area contributed by atoms with Crippen molar-refractivity contribution in [3.8, 4) is 11.3 Å². The average Bonchev–Trinajstić information content (AvgIpc) is 3.31. The number of aromatic nitrogens is 3. The first kappa shape index (κ1) is 22.7. The molecule has 7 nitrogen and oxygen atoms in total. The van der Waals surface area contributed by atoms with Crippen LogP contribution in [0.4, 0.5) is 0 Å². The van der Waals surface area contributed by atoms with Gasteiger partial charge in [-0.05, 0) is 37.1 Å². The van der Waals surface area contributed by atoms with Crippen LogP contribution >= 0.6 is 0 Å². The summed E-state index contributed by atoms with van der Waals surface area (Å²) in [6.45, 7) is 7.30. The number of pyridine rings is 1. The molecule has 0 saturated carbocycles. The van der Waals surface area contributed by atoms with Gasteiger partial charge in [-0.25, -0.2) is 4.98 Å². The smallest absolute Gasteiger partial charge is 0.222 e. The van der Waals surface area contributed by atoms with Gasteiger partial charge in [0.25, 0.3) is 0 Å². The van der Waals surface area contributed by atoms with Crippen LogP contribution in [0.15, 0.2) is 30.5 Å². The van der Waals surface area contributed by atoms with Crippen LogP contribution < -0.4 is 0 Å². The second kappa shape index (κ2) is 9.70. The van der Waals surface area contributed by atoms with Crippen molar-refractivity contribution in [3.05, 3.63) is 47.7 Å². The molecule has 5 heterocycles. The number of amides is 1. The Morgan fingerprint density at radius 1 is 1.03 bits per heavy atom. The van der Waals surface area contributed by atoms with Crippen molar-refractivity contribution in [1.82, 2.24) is 19.4 Å². The Morgan fingerprint density at radius 3 is 2.51 bits per heavy atom. The van der Waals surface area contributed by atoms with Crippen LogP contribution in [0.2, 0.25) is 0 Å². The minimum Gasteiger partial charge on any atom is -0.381 e. The van der Waals surface area contributed by atoms with Crippen molar-refractivity contribution in [2.45, 2.75) is 64.0 Å². The zero-order valence-corrected chi connectivity index (χ0v) is 20.5. The summed E-state index contributed by atoms with van der Waals surface area (Å²) in [5, 5.41) is 2.33. The number of fused-ring (bicyclic) bond motifs is 2. The standard InChI is InChI=1S/C28H34N4O3/c1-2-26(33)31-10-11-32-25(18-31)27(30-28(32)20-8-14-35-15-9-20)22-5-3-4-21-16-24(29-17-23(21)22)19-6-12-34-13-7-19/h3-5,16-17,19-20H,2,6-15,18H2,1H3. The van der Waals surface area contributed by atoms with Crippen LogP contribution in [0.3, 0.4) is 0 Å². The first-order valence-electron chi connectivity index (χ1n) is 13.1. The topological polar surface area (TPSA) is 69.5 Å². The third-order valence-corrected chi connectivity index (χ3v) is 7.96. The van der Waals surface area contributed by atoms with Crippen LogP contribution in [0.1, 0.15) is 68.1 Å². The van der Waals surface area contributed by atoms with Gasteiger partial charge in [0, 0.05) is 80.6 Å². The lowest BCUT2D eigenvalue weighted by atomic mass is 9.94. The maximum absolute atomic E-state index is 12.6. The Bertz CT molecular complexity index is 1220. The highest BCUT2D eigenvalue weighted by Crippen LogP contribution is 2.38. The second-order valence-corrected chi connectivity index (χ2v) is 9.99. The van der Waals surface area contributed by atoms with Crippen molar-refractivity contribution in [2.24, 2.45) is 0 Å². The Morgan fingerprint density at radius 2 is 1.77 bits per heavy atom.